The lowest BCUT2D eigenvalue weighted by Gasteiger charge is -1.96. The zero-order valence-electron chi connectivity index (χ0n) is 8.31. The van der Waals surface area contributed by atoms with Gasteiger partial charge < -0.3 is 9.63 Å². The Labute approximate surface area is 95.8 Å². The van der Waals surface area contributed by atoms with Crippen LogP contribution in [0.2, 0.25) is 5.02 Å². The lowest BCUT2D eigenvalue weighted by Crippen LogP contribution is -2.37. The van der Waals surface area contributed by atoms with Crippen molar-refractivity contribution >= 4 is 17.9 Å². The molecule has 2 rings (SSSR count). The number of rotatable bonds is 2. The van der Waals surface area contributed by atoms with E-state index < -0.39 is 5.95 Å². The van der Waals surface area contributed by atoms with E-state index in [2.05, 4.69) is 9.79 Å². The molecule has 0 spiro atoms. The molecule has 1 aromatic carbocycles. The molecular weight excluding hydrogens is 232 g/mol. The van der Waals surface area contributed by atoms with E-state index in [1.807, 2.05) is 0 Å². The van der Waals surface area contributed by atoms with E-state index >= 15 is 0 Å². The van der Waals surface area contributed by atoms with Crippen molar-refractivity contribution in [3.05, 3.63) is 34.5 Å². The van der Waals surface area contributed by atoms with Crippen LogP contribution in [0.25, 0.3) is 5.69 Å². The van der Waals surface area contributed by atoms with E-state index in [-0.39, 0.29) is 5.69 Å². The molecule has 0 aliphatic rings. The van der Waals surface area contributed by atoms with Crippen molar-refractivity contribution in [2.24, 2.45) is 0 Å². The Kier molecular flexibility index (Phi) is 2.62. The summed E-state index contributed by atoms with van der Waals surface area (Å²) in [5, 5.41) is 15.2. The Hall–Kier alpha value is -1.88. The van der Waals surface area contributed by atoms with Crippen LogP contribution in [0.5, 0.6) is 5.95 Å². The average molecular weight is 239 g/mol. The quantitative estimate of drug-likeness (QED) is 0.573. The van der Waals surface area contributed by atoms with Gasteiger partial charge >= 0.3 is 5.69 Å². The molecule has 0 amide bonds. The predicted octanol–water partition coefficient (Wildman–Crippen LogP) is 0.799. The van der Waals surface area contributed by atoms with Gasteiger partial charge in [-0.05, 0) is 23.7 Å². The van der Waals surface area contributed by atoms with Gasteiger partial charge in [-0.1, -0.05) is 11.6 Å². The van der Waals surface area contributed by atoms with E-state index in [1.165, 1.54) is 0 Å². The number of aldehydes is 1. The number of halogens is 1. The molecule has 16 heavy (non-hydrogen) atoms. The average Bonchev–Trinajstić information content (AvgIpc) is 2.59. The van der Waals surface area contributed by atoms with Crippen molar-refractivity contribution in [2.75, 3.05) is 0 Å². The fraction of sp³-hybridized carbons (Fsp3) is 0.100. The first-order valence-electron chi connectivity index (χ1n) is 4.44. The first-order chi connectivity index (χ1) is 7.63. The van der Waals surface area contributed by atoms with Crippen molar-refractivity contribution < 1.29 is 19.1 Å². The maximum atomic E-state index is 11.1. The summed E-state index contributed by atoms with van der Waals surface area (Å²) in [7, 11) is 0. The van der Waals surface area contributed by atoms with Gasteiger partial charge in [0.1, 0.15) is 0 Å². The Morgan fingerprint density at radius 1 is 1.56 bits per heavy atom. The lowest BCUT2D eigenvalue weighted by atomic mass is 10.2. The van der Waals surface area contributed by atoms with Gasteiger partial charge in [0.25, 0.3) is 0 Å². The molecular formula is C10H7ClN2O3. The van der Waals surface area contributed by atoms with Crippen LogP contribution in [0.15, 0.2) is 22.7 Å². The summed E-state index contributed by atoms with van der Waals surface area (Å²) >= 11 is 5.80. The molecule has 0 radical (unpaired) electrons. The molecule has 0 aliphatic heterocycles. The fourth-order valence-corrected chi connectivity index (χ4v) is 1.61. The molecule has 2 aromatic rings. The molecule has 0 unspecified atom stereocenters. The van der Waals surface area contributed by atoms with Crippen LogP contribution in [0.1, 0.15) is 16.1 Å². The van der Waals surface area contributed by atoms with Gasteiger partial charge in [0.05, 0.1) is 5.27 Å². The summed E-state index contributed by atoms with van der Waals surface area (Å²) in [5.41, 5.74) is 1.22. The number of benzene rings is 1. The Morgan fingerprint density at radius 3 is 2.94 bits per heavy atom. The summed E-state index contributed by atoms with van der Waals surface area (Å²) in [4.78, 5) is 10.7. The highest BCUT2D eigenvalue weighted by Crippen LogP contribution is 2.16. The monoisotopic (exact) mass is 238 g/mol. The van der Waals surface area contributed by atoms with Crippen LogP contribution in [-0.4, -0.2) is 11.6 Å². The molecule has 0 saturated heterocycles. The van der Waals surface area contributed by atoms with Gasteiger partial charge in [-0.15, -0.1) is 0 Å². The summed E-state index contributed by atoms with van der Waals surface area (Å²) in [6, 6.07) is 5.01. The van der Waals surface area contributed by atoms with Gasteiger partial charge in [-0.25, -0.2) is 0 Å². The van der Waals surface area contributed by atoms with Crippen LogP contribution >= 0.6 is 11.6 Å². The van der Waals surface area contributed by atoms with E-state index in [4.69, 9.17) is 11.6 Å². The van der Waals surface area contributed by atoms with Crippen molar-refractivity contribution in [3.8, 4) is 11.6 Å². The number of carbonyl (C=O) groups excluding carboxylic acids is 1. The number of nitrogens with zero attached hydrogens (tertiary/aromatic N) is 2. The van der Waals surface area contributed by atoms with E-state index in [0.29, 0.717) is 17.0 Å². The highest BCUT2D eigenvalue weighted by Gasteiger charge is 2.21. The molecule has 0 saturated carbocycles. The summed E-state index contributed by atoms with van der Waals surface area (Å²) < 4.78 is 5.57. The standard InChI is InChI=1S/C10H7ClN2O3/c1-6-4-7(11)2-3-8(6)13-9(5-14)10(15)16-12-13/h2-5H,1H3. The highest BCUT2D eigenvalue weighted by molar-refractivity contribution is 6.30. The molecule has 0 aliphatic carbocycles. The van der Waals surface area contributed by atoms with Crippen LogP contribution in [-0.2, 0) is 0 Å². The molecule has 1 heterocycles. The van der Waals surface area contributed by atoms with Crippen molar-refractivity contribution in [1.82, 2.24) is 5.27 Å². The Morgan fingerprint density at radius 2 is 2.31 bits per heavy atom. The third kappa shape index (κ3) is 1.65. The largest absolute Gasteiger partial charge is 0.539 e. The molecule has 0 bridgehead atoms. The molecule has 0 atom stereocenters. The molecule has 1 aromatic heterocycles. The third-order valence-electron chi connectivity index (χ3n) is 2.14. The van der Waals surface area contributed by atoms with Crippen molar-refractivity contribution in [3.63, 3.8) is 0 Å². The van der Waals surface area contributed by atoms with E-state index in [0.717, 1.165) is 10.2 Å². The van der Waals surface area contributed by atoms with Crippen LogP contribution in [0, 0.1) is 6.92 Å². The minimum Gasteiger partial charge on any atom is -0.539 e. The smallest absolute Gasteiger partial charge is 0.303 e. The molecule has 6 heteroatoms. The maximum absolute atomic E-state index is 11.1. The number of carbonyl (C=O) groups is 1. The highest BCUT2D eigenvalue weighted by atomic mass is 35.5. The number of aryl methyl sites for hydroxylation is 1. The van der Waals surface area contributed by atoms with E-state index in [1.54, 1.807) is 25.1 Å². The van der Waals surface area contributed by atoms with Crippen molar-refractivity contribution in [2.45, 2.75) is 6.92 Å². The molecule has 0 fully saturated rings. The van der Waals surface area contributed by atoms with Gasteiger partial charge in [-0.3, -0.25) is 4.79 Å². The normalized spacial score (nSPS) is 10.4. The number of hydrogen-bond acceptors (Lipinski definition) is 4. The molecule has 0 N–H and O–H groups in total. The van der Waals surface area contributed by atoms with Gasteiger partial charge in [0.2, 0.25) is 12.0 Å². The minimum atomic E-state index is -0.760. The SMILES string of the molecule is Cc1cc(Cl)ccc1-[n+]1noc([O-])c1C=O. The second kappa shape index (κ2) is 3.94. The lowest BCUT2D eigenvalue weighted by molar-refractivity contribution is -0.672. The summed E-state index contributed by atoms with van der Waals surface area (Å²) in [6.45, 7) is 1.79. The first kappa shape index (κ1) is 10.6. The number of aromatic nitrogens is 2. The second-order valence-electron chi connectivity index (χ2n) is 3.21. The Bertz CT molecular complexity index is 551. The second-order valence-corrected chi connectivity index (χ2v) is 3.64. The van der Waals surface area contributed by atoms with Crippen LogP contribution in [0.4, 0.5) is 0 Å². The van der Waals surface area contributed by atoms with Crippen molar-refractivity contribution in [1.29, 1.82) is 0 Å². The maximum Gasteiger partial charge on any atom is 0.303 e. The predicted molar refractivity (Wildman–Crippen MR) is 52.6 cm³/mol. The summed E-state index contributed by atoms with van der Waals surface area (Å²) in [5.74, 6) is -0.760. The molecule has 82 valence electrons. The third-order valence-corrected chi connectivity index (χ3v) is 2.38. The van der Waals surface area contributed by atoms with Gasteiger partial charge in [-0.2, -0.15) is 0 Å². The fourth-order valence-electron chi connectivity index (χ4n) is 1.38. The van der Waals surface area contributed by atoms with Gasteiger partial charge in [0, 0.05) is 16.7 Å². The van der Waals surface area contributed by atoms with Crippen LogP contribution in [0.3, 0.4) is 0 Å². The first-order valence-corrected chi connectivity index (χ1v) is 4.82. The Balaban J connectivity index is 2.63. The molecule has 5 nitrogen and oxygen atoms in total. The summed E-state index contributed by atoms with van der Waals surface area (Å²) in [6.07, 6.45) is 0.410. The topological polar surface area (TPSA) is 70.0 Å². The van der Waals surface area contributed by atoms with E-state index in [9.17, 15) is 9.90 Å². The van der Waals surface area contributed by atoms with Crippen LogP contribution < -0.4 is 9.79 Å². The minimum absolute atomic E-state index is 0.148. The zero-order chi connectivity index (χ0) is 11.7. The van der Waals surface area contributed by atoms with Gasteiger partial charge in [0.15, 0.2) is 5.95 Å². The zero-order valence-corrected chi connectivity index (χ0v) is 9.06. The number of hydrogen-bond donors (Lipinski definition) is 0.